The van der Waals surface area contributed by atoms with Crippen molar-refractivity contribution in [2.45, 2.75) is 70.7 Å². The van der Waals surface area contributed by atoms with Crippen LogP contribution < -0.4 is 10.1 Å². The Balaban J connectivity index is 2.12. The highest BCUT2D eigenvalue weighted by Gasteiger charge is 2.44. The van der Waals surface area contributed by atoms with Crippen LogP contribution in [0.15, 0.2) is 18.2 Å². The number of benzene rings is 1. The van der Waals surface area contributed by atoms with Crippen LogP contribution in [0.5, 0.6) is 5.75 Å². The molecule has 1 fully saturated rings. The summed E-state index contributed by atoms with van der Waals surface area (Å²) in [6.07, 6.45) is 1.28. The van der Waals surface area contributed by atoms with E-state index in [4.69, 9.17) is 21.1 Å². The van der Waals surface area contributed by atoms with Gasteiger partial charge in [0, 0.05) is 35.4 Å². The largest absolute Gasteiger partial charge is 0.480 e. The zero-order valence-corrected chi connectivity index (χ0v) is 17.7. The van der Waals surface area contributed by atoms with Crippen LogP contribution in [0.1, 0.15) is 58.6 Å². The lowest BCUT2D eigenvalue weighted by Gasteiger charge is -2.39. The third-order valence-electron chi connectivity index (χ3n) is 5.05. The lowest BCUT2D eigenvalue weighted by Crippen LogP contribution is -2.54. The van der Waals surface area contributed by atoms with Crippen LogP contribution >= 0.6 is 11.6 Å². The topological polar surface area (TPSA) is 67.9 Å². The summed E-state index contributed by atoms with van der Waals surface area (Å²) in [5, 5.41) is 3.54. The van der Waals surface area contributed by atoms with Gasteiger partial charge in [-0.3, -0.25) is 9.59 Å². The fourth-order valence-corrected chi connectivity index (χ4v) is 3.99. The van der Waals surface area contributed by atoms with Gasteiger partial charge in [-0.25, -0.2) is 0 Å². The van der Waals surface area contributed by atoms with E-state index in [1.807, 2.05) is 27.7 Å². The zero-order chi connectivity index (χ0) is 20.5. The molecular weight excluding hydrogens is 380 g/mol. The van der Waals surface area contributed by atoms with E-state index >= 15 is 0 Å². The zero-order valence-electron chi connectivity index (χ0n) is 17.0. The van der Waals surface area contributed by atoms with Gasteiger partial charge in [0.25, 0.3) is 5.91 Å². The molecule has 0 aromatic heterocycles. The predicted octanol–water partition coefficient (Wildman–Crippen LogP) is 3.47. The van der Waals surface area contributed by atoms with Gasteiger partial charge in [-0.15, -0.1) is 0 Å². The summed E-state index contributed by atoms with van der Waals surface area (Å²) in [7, 11) is 0. The first kappa shape index (κ1) is 20.9. The van der Waals surface area contributed by atoms with E-state index in [0.29, 0.717) is 48.8 Å². The highest BCUT2D eigenvalue weighted by molar-refractivity contribution is 6.30. The second kappa shape index (κ2) is 8.29. The van der Waals surface area contributed by atoms with Gasteiger partial charge >= 0.3 is 0 Å². The average molecular weight is 409 g/mol. The van der Waals surface area contributed by atoms with Crippen molar-refractivity contribution in [2.75, 3.05) is 13.2 Å². The van der Waals surface area contributed by atoms with Crippen molar-refractivity contribution in [3.05, 3.63) is 28.8 Å². The van der Waals surface area contributed by atoms with Crippen LogP contribution in [-0.2, 0) is 14.3 Å². The number of halogens is 1. The van der Waals surface area contributed by atoms with E-state index in [2.05, 4.69) is 5.32 Å². The first-order valence-corrected chi connectivity index (χ1v) is 10.3. The molecule has 1 aromatic rings. The number of nitrogens with zero attached hydrogens (tertiary/aromatic N) is 1. The molecule has 0 radical (unpaired) electrons. The van der Waals surface area contributed by atoms with Gasteiger partial charge in [-0.1, -0.05) is 18.5 Å². The Morgan fingerprint density at radius 3 is 2.57 bits per heavy atom. The Morgan fingerprint density at radius 2 is 1.96 bits per heavy atom. The molecular formula is C21H29ClN2O4. The molecule has 2 aliphatic rings. The summed E-state index contributed by atoms with van der Waals surface area (Å²) in [6.45, 7) is 8.82. The molecule has 154 valence electrons. The van der Waals surface area contributed by atoms with Crippen LogP contribution in [0.3, 0.4) is 0 Å². The Bertz CT molecular complexity index is 740. The Labute approximate surface area is 171 Å². The first-order valence-electron chi connectivity index (χ1n) is 9.89. The molecule has 7 heteroatoms. The predicted molar refractivity (Wildman–Crippen MR) is 107 cm³/mol. The number of hydrogen-bond donors (Lipinski definition) is 1. The quantitative estimate of drug-likeness (QED) is 0.831. The van der Waals surface area contributed by atoms with E-state index in [1.54, 1.807) is 23.1 Å². The number of ether oxygens (including phenoxy) is 2. The lowest BCUT2D eigenvalue weighted by molar-refractivity contribution is -0.150. The Morgan fingerprint density at radius 1 is 1.29 bits per heavy atom. The number of rotatable bonds is 3. The van der Waals surface area contributed by atoms with Crippen LogP contribution in [0.4, 0.5) is 0 Å². The molecule has 2 aliphatic heterocycles. The van der Waals surface area contributed by atoms with Crippen LogP contribution in [0.25, 0.3) is 0 Å². The smallest absolute Gasteiger partial charge is 0.264 e. The molecule has 6 nitrogen and oxygen atoms in total. The molecule has 0 saturated carbocycles. The molecule has 0 bridgehead atoms. The molecule has 2 heterocycles. The number of carbonyl (C=O) groups excluding carboxylic acids is 2. The number of nitrogens with one attached hydrogen (secondary N) is 1. The molecule has 1 aromatic carbocycles. The van der Waals surface area contributed by atoms with Crippen molar-refractivity contribution in [3.8, 4) is 5.75 Å². The first-order chi connectivity index (χ1) is 13.2. The fourth-order valence-electron chi connectivity index (χ4n) is 3.80. The van der Waals surface area contributed by atoms with Gasteiger partial charge in [0.05, 0.1) is 0 Å². The van der Waals surface area contributed by atoms with Gasteiger partial charge in [-0.2, -0.15) is 0 Å². The summed E-state index contributed by atoms with van der Waals surface area (Å²) < 4.78 is 11.5. The second-order valence-corrected chi connectivity index (χ2v) is 8.86. The summed E-state index contributed by atoms with van der Waals surface area (Å²) in [6, 6.07) is 4.33. The summed E-state index contributed by atoms with van der Waals surface area (Å²) in [4.78, 5) is 28.6. The maximum atomic E-state index is 13.5. The number of amides is 2. The highest BCUT2D eigenvalue weighted by atomic mass is 35.5. The molecule has 3 rings (SSSR count). The normalized spacial score (nSPS) is 23.6. The van der Waals surface area contributed by atoms with Gasteiger partial charge in [0.2, 0.25) is 5.91 Å². The molecule has 28 heavy (non-hydrogen) atoms. The number of carbonyl (C=O) groups is 2. The van der Waals surface area contributed by atoms with Crippen molar-refractivity contribution in [3.63, 3.8) is 0 Å². The Kier molecular flexibility index (Phi) is 6.20. The molecule has 0 spiro atoms. The molecule has 2 unspecified atom stereocenters. The minimum Gasteiger partial charge on any atom is -0.480 e. The van der Waals surface area contributed by atoms with E-state index in [0.717, 1.165) is 0 Å². The van der Waals surface area contributed by atoms with Gasteiger partial charge in [0.15, 0.2) is 6.10 Å². The molecule has 1 N–H and O–H groups in total. The van der Waals surface area contributed by atoms with E-state index in [1.165, 1.54) is 0 Å². The monoisotopic (exact) mass is 408 g/mol. The fraction of sp³-hybridized carbons (Fsp3) is 0.619. The third-order valence-corrected chi connectivity index (χ3v) is 5.28. The van der Waals surface area contributed by atoms with E-state index in [-0.39, 0.29) is 17.9 Å². The average Bonchev–Trinajstić information content (AvgIpc) is 2.75. The minimum atomic E-state index is -0.792. The van der Waals surface area contributed by atoms with E-state index in [9.17, 15) is 9.59 Å². The summed E-state index contributed by atoms with van der Waals surface area (Å²) >= 11 is 6.26. The van der Waals surface area contributed by atoms with Crippen molar-refractivity contribution >= 4 is 23.4 Å². The maximum absolute atomic E-state index is 13.5. The van der Waals surface area contributed by atoms with Crippen LogP contribution in [0.2, 0.25) is 5.02 Å². The SMILES string of the molecule is CCC1Oc2ccc(Cl)cc2C(C(=O)NC(C)(C)C)N(C2CCOCC2)C1=O. The van der Waals surface area contributed by atoms with Gasteiger partial charge in [-0.05, 0) is 58.2 Å². The van der Waals surface area contributed by atoms with Crippen molar-refractivity contribution in [1.29, 1.82) is 0 Å². The molecule has 2 atom stereocenters. The van der Waals surface area contributed by atoms with Gasteiger partial charge < -0.3 is 19.7 Å². The van der Waals surface area contributed by atoms with Crippen LogP contribution in [0, 0.1) is 0 Å². The third kappa shape index (κ3) is 4.44. The highest BCUT2D eigenvalue weighted by Crippen LogP contribution is 2.39. The van der Waals surface area contributed by atoms with Crippen molar-refractivity contribution < 1.29 is 19.1 Å². The summed E-state index contributed by atoms with van der Waals surface area (Å²) in [5.74, 6) is 0.153. The minimum absolute atomic E-state index is 0.0838. The second-order valence-electron chi connectivity index (χ2n) is 8.43. The van der Waals surface area contributed by atoms with Crippen molar-refractivity contribution in [1.82, 2.24) is 10.2 Å². The van der Waals surface area contributed by atoms with Gasteiger partial charge in [0.1, 0.15) is 11.8 Å². The standard InChI is InChI=1S/C21H29ClN2O4/c1-5-16-20(26)24(14-8-10-27-11-9-14)18(19(25)23-21(2,3)4)15-12-13(22)6-7-17(15)28-16/h6-7,12,14,16,18H,5,8-11H2,1-4H3,(H,23,25). The Hall–Kier alpha value is -1.79. The molecule has 2 amide bonds. The lowest BCUT2D eigenvalue weighted by atomic mass is 9.96. The van der Waals surface area contributed by atoms with Crippen molar-refractivity contribution in [2.24, 2.45) is 0 Å². The van der Waals surface area contributed by atoms with Crippen LogP contribution in [-0.4, -0.2) is 47.6 Å². The molecule has 1 saturated heterocycles. The molecule has 0 aliphatic carbocycles. The summed E-state index contributed by atoms with van der Waals surface area (Å²) in [5.41, 5.74) is 0.197. The number of fused-ring (bicyclic) bond motifs is 1. The maximum Gasteiger partial charge on any atom is 0.264 e. The van der Waals surface area contributed by atoms with E-state index < -0.39 is 17.7 Å². The number of hydrogen-bond acceptors (Lipinski definition) is 4.